The number of halogens is 2. The number of anilines is 2. The summed E-state index contributed by atoms with van der Waals surface area (Å²) in [5.74, 6) is -3.10. The Kier molecular flexibility index (Phi) is 5.35. The van der Waals surface area contributed by atoms with Crippen molar-refractivity contribution in [2.45, 2.75) is 18.1 Å². The lowest BCUT2D eigenvalue weighted by Crippen LogP contribution is -2.33. The number of hydrogen-bond donors (Lipinski definition) is 3. The van der Waals surface area contributed by atoms with Gasteiger partial charge in [0.05, 0.1) is 28.3 Å². The fraction of sp³-hybridized carbons (Fsp3) is 0.278. The Morgan fingerprint density at radius 3 is 2.73 bits per heavy atom. The third-order valence-electron chi connectivity index (χ3n) is 4.72. The first-order chi connectivity index (χ1) is 14.3. The summed E-state index contributed by atoms with van der Waals surface area (Å²) < 4.78 is 61.4. The monoisotopic (exact) mass is 437 g/mol. The molecule has 0 radical (unpaired) electrons. The van der Waals surface area contributed by atoms with Gasteiger partial charge in [-0.25, -0.2) is 27.2 Å². The number of fused-ring (bicyclic) bond motifs is 1. The molecule has 158 valence electrons. The molecule has 3 heterocycles. The van der Waals surface area contributed by atoms with Crippen LogP contribution in [0.5, 0.6) is 0 Å². The number of rotatable bonds is 5. The molecule has 0 atom stereocenters. The van der Waals surface area contributed by atoms with Crippen molar-refractivity contribution in [2.75, 3.05) is 23.3 Å². The summed E-state index contributed by atoms with van der Waals surface area (Å²) in [6, 6.07) is 3.27. The van der Waals surface area contributed by atoms with Crippen molar-refractivity contribution in [3.05, 3.63) is 47.9 Å². The van der Waals surface area contributed by atoms with Gasteiger partial charge in [0.15, 0.2) is 11.5 Å². The molecule has 0 spiro atoms. The smallest absolute Gasteiger partial charge is 0.257 e. The van der Waals surface area contributed by atoms with E-state index in [0.29, 0.717) is 11.2 Å². The van der Waals surface area contributed by atoms with Gasteiger partial charge in [-0.2, -0.15) is 0 Å². The van der Waals surface area contributed by atoms with E-state index >= 15 is 0 Å². The maximum Gasteiger partial charge on any atom is 0.257 e. The lowest BCUT2D eigenvalue weighted by Gasteiger charge is -2.23. The van der Waals surface area contributed by atoms with Crippen LogP contribution < -0.4 is 10.0 Å². The standard InChI is InChI=1S/C18H17F2N5O4S/c19-12-1-2-13(25-30(27,28)11-3-5-29-6-4-11)15(20)16(12)24-18(26)10-7-14-17(21-8-10)23-9-22-14/h1-2,7-9,11,25H,3-6H2,(H,24,26)(H,21,22,23). The number of aromatic nitrogens is 3. The summed E-state index contributed by atoms with van der Waals surface area (Å²) >= 11 is 0. The van der Waals surface area contributed by atoms with Crippen molar-refractivity contribution in [1.29, 1.82) is 0 Å². The topological polar surface area (TPSA) is 126 Å². The minimum Gasteiger partial charge on any atom is -0.381 e. The molecule has 0 unspecified atom stereocenters. The van der Waals surface area contributed by atoms with E-state index < -0.39 is 44.2 Å². The molecule has 0 saturated carbocycles. The molecule has 1 aromatic carbocycles. The Bertz CT molecular complexity index is 1210. The van der Waals surface area contributed by atoms with Crippen LogP contribution in [0.3, 0.4) is 0 Å². The van der Waals surface area contributed by atoms with Gasteiger partial charge in [0.1, 0.15) is 11.5 Å². The normalized spacial score (nSPS) is 15.3. The first kappa shape index (κ1) is 20.2. The summed E-state index contributed by atoms with van der Waals surface area (Å²) in [6.45, 7) is 0.570. The highest BCUT2D eigenvalue weighted by molar-refractivity contribution is 7.93. The molecule has 30 heavy (non-hydrogen) atoms. The van der Waals surface area contributed by atoms with Crippen LogP contribution in [0, 0.1) is 11.6 Å². The van der Waals surface area contributed by atoms with Crippen LogP contribution in [0.15, 0.2) is 30.7 Å². The summed E-state index contributed by atoms with van der Waals surface area (Å²) in [6.07, 6.45) is 3.15. The SMILES string of the molecule is O=C(Nc1c(F)ccc(NS(=O)(=O)C2CCOCC2)c1F)c1cnc2nc[nH]c2c1. The van der Waals surface area contributed by atoms with E-state index in [1.54, 1.807) is 0 Å². The third-order valence-corrected chi connectivity index (χ3v) is 6.58. The third kappa shape index (κ3) is 3.96. The molecule has 0 bridgehead atoms. The maximum atomic E-state index is 14.9. The number of H-pyrrole nitrogens is 1. The van der Waals surface area contributed by atoms with Crippen molar-refractivity contribution in [3.63, 3.8) is 0 Å². The number of aromatic amines is 1. The lowest BCUT2D eigenvalue weighted by atomic mass is 10.2. The highest BCUT2D eigenvalue weighted by Gasteiger charge is 2.29. The van der Waals surface area contributed by atoms with E-state index in [1.807, 2.05) is 0 Å². The van der Waals surface area contributed by atoms with Gasteiger partial charge in [0.25, 0.3) is 5.91 Å². The van der Waals surface area contributed by atoms with Crippen LogP contribution in [-0.2, 0) is 14.8 Å². The van der Waals surface area contributed by atoms with Gasteiger partial charge < -0.3 is 15.0 Å². The second-order valence-corrected chi connectivity index (χ2v) is 8.66. The molecule has 12 heteroatoms. The maximum absolute atomic E-state index is 14.9. The molecule has 1 fully saturated rings. The number of pyridine rings is 1. The van der Waals surface area contributed by atoms with Crippen LogP contribution in [-0.4, -0.2) is 47.7 Å². The van der Waals surface area contributed by atoms with E-state index in [0.717, 1.165) is 12.1 Å². The van der Waals surface area contributed by atoms with E-state index in [1.165, 1.54) is 18.6 Å². The van der Waals surface area contributed by atoms with E-state index in [2.05, 4.69) is 25.0 Å². The van der Waals surface area contributed by atoms with Gasteiger partial charge >= 0.3 is 0 Å². The molecule has 4 rings (SSSR count). The van der Waals surface area contributed by atoms with Gasteiger partial charge in [-0.1, -0.05) is 0 Å². The number of hydrogen-bond acceptors (Lipinski definition) is 6. The molecule has 2 aromatic heterocycles. The Labute approximate surface area is 169 Å². The minimum absolute atomic E-state index is 0.0405. The second-order valence-electron chi connectivity index (χ2n) is 6.69. The molecule has 0 aliphatic carbocycles. The van der Waals surface area contributed by atoms with Crippen LogP contribution >= 0.6 is 0 Å². The molecular weight excluding hydrogens is 420 g/mol. The molecule has 3 aromatic rings. The molecule has 1 saturated heterocycles. The van der Waals surface area contributed by atoms with Crippen molar-refractivity contribution in [3.8, 4) is 0 Å². The van der Waals surface area contributed by atoms with Crippen LogP contribution in [0.2, 0.25) is 0 Å². The van der Waals surface area contributed by atoms with Gasteiger partial charge in [-0.3, -0.25) is 9.52 Å². The lowest BCUT2D eigenvalue weighted by molar-refractivity contribution is 0.0984. The Morgan fingerprint density at radius 2 is 1.97 bits per heavy atom. The molecule has 1 aliphatic heterocycles. The van der Waals surface area contributed by atoms with Gasteiger partial charge in [0.2, 0.25) is 10.0 Å². The quantitative estimate of drug-likeness (QED) is 0.563. The van der Waals surface area contributed by atoms with Gasteiger partial charge in [-0.15, -0.1) is 0 Å². The van der Waals surface area contributed by atoms with Gasteiger partial charge in [-0.05, 0) is 31.0 Å². The number of amides is 1. The Morgan fingerprint density at radius 1 is 1.20 bits per heavy atom. The number of ether oxygens (including phenoxy) is 1. The van der Waals surface area contributed by atoms with Crippen molar-refractivity contribution >= 4 is 38.5 Å². The highest BCUT2D eigenvalue weighted by atomic mass is 32.2. The predicted octanol–water partition coefficient (Wildman–Crippen LogP) is 2.41. The number of sulfonamides is 1. The zero-order valence-electron chi connectivity index (χ0n) is 15.5. The summed E-state index contributed by atoms with van der Waals surface area (Å²) in [5, 5.41) is 1.39. The zero-order valence-corrected chi connectivity index (χ0v) is 16.3. The minimum atomic E-state index is -3.91. The first-order valence-corrected chi connectivity index (χ1v) is 10.6. The molecule has 1 aliphatic rings. The average Bonchev–Trinajstić information content (AvgIpc) is 3.21. The Hall–Kier alpha value is -3.12. The molecular formula is C18H17F2N5O4S. The number of nitrogens with one attached hydrogen (secondary N) is 3. The van der Waals surface area contributed by atoms with E-state index in [-0.39, 0.29) is 31.6 Å². The fourth-order valence-corrected chi connectivity index (χ4v) is 4.55. The number of nitrogens with zero attached hydrogens (tertiary/aromatic N) is 2. The van der Waals surface area contributed by atoms with Gasteiger partial charge in [0, 0.05) is 19.4 Å². The average molecular weight is 437 g/mol. The van der Waals surface area contributed by atoms with Crippen molar-refractivity contribution in [2.24, 2.45) is 0 Å². The fourth-order valence-electron chi connectivity index (χ4n) is 3.11. The molecule has 1 amide bonds. The summed E-state index contributed by atoms with van der Waals surface area (Å²) in [5.41, 5.74) is -0.328. The number of imidazole rings is 1. The highest BCUT2D eigenvalue weighted by Crippen LogP contribution is 2.29. The van der Waals surface area contributed by atoms with E-state index in [9.17, 15) is 22.0 Å². The number of benzene rings is 1. The second kappa shape index (κ2) is 7.95. The summed E-state index contributed by atoms with van der Waals surface area (Å²) in [4.78, 5) is 23.1. The van der Waals surface area contributed by atoms with Crippen LogP contribution in [0.4, 0.5) is 20.2 Å². The molecule has 9 nitrogen and oxygen atoms in total. The largest absolute Gasteiger partial charge is 0.381 e. The first-order valence-electron chi connectivity index (χ1n) is 9.03. The predicted molar refractivity (Wildman–Crippen MR) is 105 cm³/mol. The summed E-state index contributed by atoms with van der Waals surface area (Å²) in [7, 11) is -3.91. The number of carbonyl (C=O) groups excluding carboxylic acids is 1. The number of carbonyl (C=O) groups is 1. The van der Waals surface area contributed by atoms with Crippen LogP contribution in [0.25, 0.3) is 11.2 Å². The van der Waals surface area contributed by atoms with Crippen LogP contribution in [0.1, 0.15) is 23.2 Å². The Balaban J connectivity index is 1.58. The van der Waals surface area contributed by atoms with E-state index in [4.69, 9.17) is 4.74 Å². The molecule has 3 N–H and O–H groups in total. The van der Waals surface area contributed by atoms with Crippen molar-refractivity contribution < 1.29 is 26.7 Å². The van der Waals surface area contributed by atoms with Crippen molar-refractivity contribution in [1.82, 2.24) is 15.0 Å². The zero-order chi connectivity index (χ0) is 21.3.